The van der Waals surface area contributed by atoms with Gasteiger partial charge in [-0.2, -0.15) is 0 Å². The summed E-state index contributed by atoms with van der Waals surface area (Å²) >= 11 is 0. The first-order valence-electron chi connectivity index (χ1n) is 5.97. The maximum Gasteiger partial charge on any atom is 0.242 e. The number of nitrogens with zero attached hydrogens (tertiary/aromatic N) is 1. The summed E-state index contributed by atoms with van der Waals surface area (Å²) in [5.74, 6) is -0.237. The van der Waals surface area contributed by atoms with Gasteiger partial charge in [-0.05, 0) is 19.8 Å². The van der Waals surface area contributed by atoms with E-state index in [2.05, 4.69) is 5.32 Å². The zero-order chi connectivity index (χ0) is 12.6. The molecule has 2 aliphatic heterocycles. The monoisotopic (exact) mass is 241 g/mol. The van der Waals surface area contributed by atoms with Crippen molar-refractivity contribution < 1.29 is 14.7 Å². The number of amides is 2. The third-order valence-electron chi connectivity index (χ3n) is 3.76. The van der Waals surface area contributed by atoms with Crippen molar-refractivity contribution in [2.45, 2.75) is 31.9 Å². The van der Waals surface area contributed by atoms with Gasteiger partial charge in [-0.3, -0.25) is 9.59 Å². The molecule has 6 nitrogen and oxygen atoms in total. The smallest absolute Gasteiger partial charge is 0.242 e. The molecule has 0 bridgehead atoms. The van der Waals surface area contributed by atoms with Crippen LogP contribution >= 0.6 is 0 Å². The quantitative estimate of drug-likeness (QED) is 0.509. The normalized spacial score (nSPS) is 31.7. The maximum atomic E-state index is 12.0. The molecule has 96 valence electrons. The predicted molar refractivity (Wildman–Crippen MR) is 60.9 cm³/mol. The van der Waals surface area contributed by atoms with Gasteiger partial charge in [-0.1, -0.05) is 0 Å². The fraction of sp³-hybridized carbons (Fsp3) is 0.818. The number of hydrogen-bond acceptors (Lipinski definition) is 4. The maximum absolute atomic E-state index is 12.0. The molecule has 0 aromatic carbocycles. The summed E-state index contributed by atoms with van der Waals surface area (Å²) in [4.78, 5) is 25.1. The summed E-state index contributed by atoms with van der Waals surface area (Å²) in [6.07, 6.45) is 0.772. The summed E-state index contributed by atoms with van der Waals surface area (Å²) in [5, 5.41) is 12.0. The number of carbonyl (C=O) groups excluding carboxylic acids is 2. The highest BCUT2D eigenvalue weighted by atomic mass is 16.3. The predicted octanol–water partition coefficient (Wildman–Crippen LogP) is -1.57. The molecule has 0 aromatic rings. The van der Waals surface area contributed by atoms with Gasteiger partial charge in [-0.25, -0.2) is 0 Å². The van der Waals surface area contributed by atoms with E-state index in [1.165, 1.54) is 6.92 Å². The lowest BCUT2D eigenvalue weighted by molar-refractivity contribution is -0.150. The van der Waals surface area contributed by atoms with Crippen molar-refractivity contribution in [1.29, 1.82) is 0 Å². The van der Waals surface area contributed by atoms with Crippen LogP contribution in [0.5, 0.6) is 0 Å². The van der Waals surface area contributed by atoms with Gasteiger partial charge in [-0.15, -0.1) is 0 Å². The second-order valence-electron chi connectivity index (χ2n) is 5.09. The fourth-order valence-electron chi connectivity index (χ4n) is 2.48. The minimum atomic E-state index is -0.895. The SMILES string of the molecule is C[C@@H](O)[C@H](N)C(=O)N1CCCC2(CNC2=O)C1. The van der Waals surface area contributed by atoms with Crippen LogP contribution in [0, 0.1) is 5.41 Å². The summed E-state index contributed by atoms with van der Waals surface area (Å²) in [6, 6.07) is -0.895. The summed E-state index contributed by atoms with van der Waals surface area (Å²) in [5.41, 5.74) is 5.24. The number of aliphatic hydroxyl groups excluding tert-OH is 1. The molecule has 2 rings (SSSR count). The van der Waals surface area contributed by atoms with E-state index in [1.807, 2.05) is 0 Å². The molecule has 2 amide bonds. The van der Waals surface area contributed by atoms with Crippen molar-refractivity contribution in [3.8, 4) is 0 Å². The first kappa shape index (κ1) is 12.3. The number of piperidine rings is 1. The molecule has 0 aliphatic carbocycles. The Labute approximate surface area is 100 Å². The van der Waals surface area contributed by atoms with Gasteiger partial charge in [0.1, 0.15) is 6.04 Å². The summed E-state index contributed by atoms with van der Waals surface area (Å²) in [7, 11) is 0. The standard InChI is InChI=1S/C11H19N3O3/c1-7(15)8(12)9(16)14-4-2-3-11(6-14)5-13-10(11)17/h7-8,15H,2-6,12H2,1H3,(H,13,17)/t7-,8+,11?/m1/s1. The van der Waals surface area contributed by atoms with E-state index in [-0.39, 0.29) is 11.8 Å². The number of hydrogen-bond donors (Lipinski definition) is 3. The molecule has 3 atom stereocenters. The highest BCUT2D eigenvalue weighted by Gasteiger charge is 2.49. The van der Waals surface area contributed by atoms with Crippen LogP contribution in [0.4, 0.5) is 0 Å². The molecule has 17 heavy (non-hydrogen) atoms. The molecule has 2 fully saturated rings. The van der Waals surface area contributed by atoms with Crippen LogP contribution in [-0.2, 0) is 9.59 Å². The van der Waals surface area contributed by atoms with Crippen molar-refractivity contribution in [3.63, 3.8) is 0 Å². The van der Waals surface area contributed by atoms with E-state index >= 15 is 0 Å². The molecule has 0 aromatic heterocycles. The first-order valence-corrected chi connectivity index (χ1v) is 5.97. The minimum Gasteiger partial charge on any atom is -0.391 e. The number of aliphatic hydroxyl groups is 1. The number of nitrogens with two attached hydrogens (primary N) is 1. The van der Waals surface area contributed by atoms with Gasteiger partial charge in [0, 0.05) is 19.6 Å². The van der Waals surface area contributed by atoms with Crippen molar-refractivity contribution in [3.05, 3.63) is 0 Å². The van der Waals surface area contributed by atoms with Gasteiger partial charge >= 0.3 is 0 Å². The molecule has 4 N–H and O–H groups in total. The lowest BCUT2D eigenvalue weighted by atomic mass is 9.74. The molecule has 2 heterocycles. The third-order valence-corrected chi connectivity index (χ3v) is 3.76. The summed E-state index contributed by atoms with van der Waals surface area (Å²) in [6.45, 7) is 3.18. The Bertz CT molecular complexity index is 345. The van der Waals surface area contributed by atoms with Crippen molar-refractivity contribution in [1.82, 2.24) is 10.2 Å². The van der Waals surface area contributed by atoms with E-state index in [0.29, 0.717) is 19.6 Å². The number of rotatable bonds is 2. The Kier molecular flexibility index (Phi) is 3.09. The molecular formula is C11H19N3O3. The molecule has 0 radical (unpaired) electrons. The van der Waals surface area contributed by atoms with Crippen molar-refractivity contribution in [2.24, 2.45) is 11.1 Å². The lowest BCUT2D eigenvalue weighted by Gasteiger charge is -2.47. The molecule has 1 spiro atoms. The lowest BCUT2D eigenvalue weighted by Crippen LogP contribution is -2.67. The van der Waals surface area contributed by atoms with Crippen molar-refractivity contribution in [2.75, 3.05) is 19.6 Å². The van der Waals surface area contributed by atoms with Gasteiger partial charge in [0.05, 0.1) is 11.5 Å². The Morgan fingerprint density at radius 1 is 1.65 bits per heavy atom. The second-order valence-corrected chi connectivity index (χ2v) is 5.09. The van der Waals surface area contributed by atoms with E-state index < -0.39 is 17.6 Å². The molecule has 2 aliphatic rings. The van der Waals surface area contributed by atoms with E-state index in [0.717, 1.165) is 12.8 Å². The third kappa shape index (κ3) is 2.02. The fourth-order valence-corrected chi connectivity index (χ4v) is 2.48. The largest absolute Gasteiger partial charge is 0.391 e. The molecule has 6 heteroatoms. The van der Waals surface area contributed by atoms with Crippen LogP contribution in [0.3, 0.4) is 0 Å². The topological polar surface area (TPSA) is 95.7 Å². The number of β-lactam (4-membered cyclic amide) rings is 1. The Balaban J connectivity index is 2.02. The first-order chi connectivity index (χ1) is 7.96. The van der Waals surface area contributed by atoms with Gasteiger partial charge in [0.15, 0.2) is 0 Å². The van der Waals surface area contributed by atoms with Crippen LogP contribution in [0.15, 0.2) is 0 Å². The number of nitrogens with one attached hydrogen (secondary N) is 1. The molecule has 2 saturated heterocycles. The Morgan fingerprint density at radius 3 is 2.82 bits per heavy atom. The Morgan fingerprint density at radius 2 is 2.35 bits per heavy atom. The minimum absolute atomic E-state index is 0.0284. The average molecular weight is 241 g/mol. The van der Waals surface area contributed by atoms with Crippen LogP contribution in [0.2, 0.25) is 0 Å². The summed E-state index contributed by atoms with van der Waals surface area (Å²) < 4.78 is 0. The molecular weight excluding hydrogens is 222 g/mol. The van der Waals surface area contributed by atoms with Crippen LogP contribution in [-0.4, -0.2) is 53.6 Å². The Hall–Kier alpha value is -1.14. The molecule has 0 saturated carbocycles. The average Bonchev–Trinajstić information content (AvgIpc) is 2.35. The van der Waals surface area contributed by atoms with E-state index in [4.69, 9.17) is 5.73 Å². The van der Waals surface area contributed by atoms with Crippen molar-refractivity contribution >= 4 is 11.8 Å². The molecule has 1 unspecified atom stereocenters. The number of carbonyl (C=O) groups is 2. The highest BCUT2D eigenvalue weighted by molar-refractivity contribution is 5.90. The second kappa shape index (κ2) is 4.27. The zero-order valence-electron chi connectivity index (χ0n) is 9.98. The van der Waals surface area contributed by atoms with Gasteiger partial charge < -0.3 is 21.1 Å². The highest BCUT2D eigenvalue weighted by Crippen LogP contribution is 2.34. The van der Waals surface area contributed by atoms with Gasteiger partial charge in [0.2, 0.25) is 11.8 Å². The van der Waals surface area contributed by atoms with Crippen LogP contribution in [0.1, 0.15) is 19.8 Å². The zero-order valence-corrected chi connectivity index (χ0v) is 9.98. The van der Waals surface area contributed by atoms with Crippen LogP contribution in [0.25, 0.3) is 0 Å². The van der Waals surface area contributed by atoms with Crippen LogP contribution < -0.4 is 11.1 Å². The number of likely N-dealkylation sites (tertiary alicyclic amines) is 1. The van der Waals surface area contributed by atoms with E-state index in [9.17, 15) is 14.7 Å². The van der Waals surface area contributed by atoms with Gasteiger partial charge in [0.25, 0.3) is 0 Å². The van der Waals surface area contributed by atoms with E-state index in [1.54, 1.807) is 4.90 Å².